The Balaban J connectivity index is 1.40. The van der Waals surface area contributed by atoms with Gasteiger partial charge in [-0.05, 0) is 63.7 Å². The number of halogens is 3. The molecule has 2 aliphatic heterocycles. The van der Waals surface area contributed by atoms with Gasteiger partial charge in [-0.2, -0.15) is 13.2 Å². The lowest BCUT2D eigenvalue weighted by Gasteiger charge is -2.33. The molecule has 1 unspecified atom stereocenters. The zero-order chi connectivity index (χ0) is 28.7. The number of nitrogens with zero attached hydrogens (tertiary/aromatic N) is 5. The second-order valence-corrected chi connectivity index (χ2v) is 11.9. The Morgan fingerprint density at radius 3 is 2.75 bits per heavy atom. The first kappa shape index (κ1) is 28.1. The van der Waals surface area contributed by atoms with E-state index < -0.39 is 11.6 Å². The van der Waals surface area contributed by atoms with Crippen molar-refractivity contribution >= 4 is 28.7 Å². The van der Waals surface area contributed by atoms with Gasteiger partial charge in [-0.25, -0.2) is 14.7 Å². The Kier molecular flexibility index (Phi) is 7.36. The molecule has 1 saturated carbocycles. The average molecular weight is 576 g/mol. The Hall–Kier alpha value is -3.48. The summed E-state index contributed by atoms with van der Waals surface area (Å²) < 4.78 is 49.5. The molecule has 0 aromatic carbocycles. The zero-order valence-corrected chi connectivity index (χ0v) is 23.2. The Morgan fingerprint density at radius 2 is 2.05 bits per heavy atom. The molecular weight excluding hydrogens is 543 g/mol. The first-order chi connectivity index (χ1) is 18.9. The van der Waals surface area contributed by atoms with Crippen LogP contribution in [0.25, 0.3) is 5.82 Å². The SMILES string of the molecule is C=C/C1=N\C(=C)NCC2CN(c3nc(-n4ccc(OCCC5(C(F)(F)F)CC5)n4)ccc3C(=O)NS1)C(C)(C)C2. The summed E-state index contributed by atoms with van der Waals surface area (Å²) in [6.45, 7) is 13.2. The third kappa shape index (κ3) is 5.70. The van der Waals surface area contributed by atoms with Crippen LogP contribution in [-0.4, -0.2) is 57.1 Å². The molecule has 3 aliphatic rings. The van der Waals surface area contributed by atoms with Gasteiger partial charge in [0.2, 0.25) is 5.88 Å². The molecule has 1 saturated heterocycles. The van der Waals surface area contributed by atoms with Gasteiger partial charge in [-0.15, -0.1) is 5.10 Å². The smallest absolute Gasteiger partial charge is 0.394 e. The summed E-state index contributed by atoms with van der Waals surface area (Å²) in [7, 11) is 0. The fraction of sp³-hybridized carbons (Fsp3) is 0.481. The summed E-state index contributed by atoms with van der Waals surface area (Å²) in [5.41, 5.74) is -1.52. The quantitative estimate of drug-likeness (QED) is 0.467. The molecule has 2 aromatic heterocycles. The molecule has 1 aliphatic carbocycles. The number of hydrogen-bond acceptors (Lipinski definition) is 8. The number of carbonyl (C=O) groups is 1. The Bertz CT molecular complexity index is 1350. The van der Waals surface area contributed by atoms with Crippen LogP contribution >= 0.6 is 11.9 Å². The van der Waals surface area contributed by atoms with E-state index in [4.69, 9.17) is 9.72 Å². The molecule has 2 fully saturated rings. The van der Waals surface area contributed by atoms with E-state index in [1.54, 1.807) is 30.5 Å². The number of nitrogens with one attached hydrogen (secondary N) is 2. The van der Waals surface area contributed by atoms with E-state index in [0.717, 1.165) is 18.4 Å². The Labute approximate surface area is 235 Å². The van der Waals surface area contributed by atoms with Crippen molar-refractivity contribution in [3.63, 3.8) is 0 Å². The molecule has 2 bridgehead atoms. The second kappa shape index (κ2) is 10.5. The third-order valence-electron chi connectivity index (χ3n) is 7.67. The van der Waals surface area contributed by atoms with Crippen molar-refractivity contribution in [2.24, 2.45) is 16.3 Å². The lowest BCUT2D eigenvalue weighted by Crippen LogP contribution is -2.40. The number of aliphatic imine (C=N–C) groups is 1. The molecule has 5 rings (SSSR count). The van der Waals surface area contributed by atoms with Crippen LogP contribution < -0.4 is 19.7 Å². The summed E-state index contributed by atoms with van der Waals surface area (Å²) in [6.07, 6.45) is -0.00252. The summed E-state index contributed by atoms with van der Waals surface area (Å²) in [4.78, 5) is 24.7. The maximum Gasteiger partial charge on any atom is 0.394 e. The van der Waals surface area contributed by atoms with Crippen LogP contribution in [0.4, 0.5) is 19.0 Å². The predicted octanol–water partition coefficient (Wildman–Crippen LogP) is 5.02. The fourth-order valence-electron chi connectivity index (χ4n) is 5.23. The third-order valence-corrected chi connectivity index (χ3v) is 8.42. The van der Waals surface area contributed by atoms with Crippen LogP contribution in [0.5, 0.6) is 5.88 Å². The monoisotopic (exact) mass is 575 g/mol. The number of carbonyl (C=O) groups excluding carboxylic acids is 1. The van der Waals surface area contributed by atoms with Crippen molar-refractivity contribution < 1.29 is 22.7 Å². The average Bonchev–Trinajstić information content (AvgIpc) is 3.45. The highest BCUT2D eigenvalue weighted by Gasteiger charge is 2.62. The van der Waals surface area contributed by atoms with E-state index in [0.29, 0.717) is 41.2 Å². The van der Waals surface area contributed by atoms with Crippen molar-refractivity contribution in [1.82, 2.24) is 24.8 Å². The minimum absolute atomic E-state index is 0.0776. The minimum Gasteiger partial charge on any atom is -0.477 e. The van der Waals surface area contributed by atoms with Gasteiger partial charge in [-0.1, -0.05) is 13.2 Å². The first-order valence-electron chi connectivity index (χ1n) is 13.1. The number of alkyl halides is 3. The second-order valence-electron chi connectivity index (χ2n) is 11.0. The van der Waals surface area contributed by atoms with Crippen LogP contribution in [0.2, 0.25) is 0 Å². The number of ether oxygens (including phenoxy) is 1. The van der Waals surface area contributed by atoms with E-state index in [1.807, 2.05) is 0 Å². The van der Waals surface area contributed by atoms with Gasteiger partial charge in [-0.3, -0.25) is 9.52 Å². The van der Waals surface area contributed by atoms with Gasteiger partial charge >= 0.3 is 6.18 Å². The van der Waals surface area contributed by atoms with Crippen LogP contribution in [0.3, 0.4) is 0 Å². The largest absolute Gasteiger partial charge is 0.477 e. The molecule has 0 spiro atoms. The van der Waals surface area contributed by atoms with Gasteiger partial charge < -0.3 is 15.0 Å². The number of hydrogen-bond donors (Lipinski definition) is 2. The lowest BCUT2D eigenvalue weighted by molar-refractivity contribution is -0.190. The van der Waals surface area contributed by atoms with Crippen molar-refractivity contribution in [3.8, 4) is 11.7 Å². The summed E-state index contributed by atoms with van der Waals surface area (Å²) in [5.74, 6) is 1.58. The molecule has 1 amide bonds. The predicted molar refractivity (Wildman–Crippen MR) is 149 cm³/mol. The molecule has 0 radical (unpaired) electrons. The van der Waals surface area contributed by atoms with Crippen molar-refractivity contribution in [1.29, 1.82) is 0 Å². The molecule has 40 heavy (non-hydrogen) atoms. The van der Waals surface area contributed by atoms with Gasteiger partial charge in [0.1, 0.15) is 16.7 Å². The van der Waals surface area contributed by atoms with Crippen LogP contribution in [-0.2, 0) is 0 Å². The highest BCUT2D eigenvalue weighted by atomic mass is 32.2. The van der Waals surface area contributed by atoms with Gasteiger partial charge in [0.05, 0.1) is 17.6 Å². The number of anilines is 1. The standard InChI is InChI=1S/C27H32F3N7O2S/c1-5-22-32-17(2)31-15-18-14-25(3,4)36(16-18)23-19(24(38)35-40-22)6-7-20(33-23)37-12-8-21(34-37)39-13-11-26(9-10-26)27(28,29)30/h5-8,12,18,31H,1-2,9-11,13-16H2,3-4H3,(H,35,38)/b32-22+. The topological polar surface area (TPSA) is 96.7 Å². The molecule has 2 aromatic rings. The van der Waals surface area contributed by atoms with Crippen LogP contribution in [0.15, 0.2) is 54.4 Å². The molecule has 13 heteroatoms. The normalized spacial score (nSPS) is 23.4. The maximum atomic E-state index is 13.3. The maximum absolute atomic E-state index is 13.3. The number of amides is 1. The lowest BCUT2D eigenvalue weighted by atomic mass is 9.96. The van der Waals surface area contributed by atoms with E-state index in [1.165, 1.54) is 4.68 Å². The zero-order valence-electron chi connectivity index (χ0n) is 22.4. The highest BCUT2D eigenvalue weighted by Crippen LogP contribution is 2.59. The molecule has 214 valence electrons. The Morgan fingerprint density at radius 1 is 1.27 bits per heavy atom. The molecule has 9 nitrogen and oxygen atoms in total. The van der Waals surface area contributed by atoms with Gasteiger partial charge in [0.15, 0.2) is 5.82 Å². The van der Waals surface area contributed by atoms with Crippen LogP contribution in [0.1, 0.15) is 49.9 Å². The summed E-state index contributed by atoms with van der Waals surface area (Å²) in [5, 5.41) is 8.14. The molecular formula is C27H32F3N7O2S. The fourth-order valence-corrected chi connectivity index (χ4v) is 5.78. The molecule has 2 N–H and O–H groups in total. The number of rotatable bonds is 6. The summed E-state index contributed by atoms with van der Waals surface area (Å²) in [6, 6.07) is 4.96. The van der Waals surface area contributed by atoms with Crippen molar-refractivity contribution in [2.75, 3.05) is 24.6 Å². The van der Waals surface area contributed by atoms with E-state index in [2.05, 4.69) is 52.0 Å². The highest BCUT2D eigenvalue weighted by molar-refractivity contribution is 8.13. The van der Waals surface area contributed by atoms with E-state index in [9.17, 15) is 18.0 Å². The first-order valence-corrected chi connectivity index (χ1v) is 13.9. The minimum atomic E-state index is -4.22. The van der Waals surface area contributed by atoms with Gasteiger partial charge in [0.25, 0.3) is 5.91 Å². The number of pyridine rings is 1. The van der Waals surface area contributed by atoms with Crippen molar-refractivity contribution in [2.45, 2.75) is 51.2 Å². The molecule has 4 heterocycles. The number of aromatic nitrogens is 3. The van der Waals surface area contributed by atoms with Crippen LogP contribution in [0, 0.1) is 11.3 Å². The molecule has 1 atom stereocenters. The van der Waals surface area contributed by atoms with E-state index >= 15 is 0 Å². The van der Waals surface area contributed by atoms with Gasteiger partial charge in [0, 0.05) is 42.8 Å². The number of fused-ring (bicyclic) bond motifs is 4. The van der Waals surface area contributed by atoms with Crippen molar-refractivity contribution in [3.05, 3.63) is 55.0 Å². The summed E-state index contributed by atoms with van der Waals surface area (Å²) >= 11 is 1.04. The van der Waals surface area contributed by atoms with E-state index in [-0.39, 0.29) is 49.1 Å².